The number of rotatable bonds is 6. The van der Waals surface area contributed by atoms with Crippen LogP contribution in [-0.2, 0) is 9.53 Å². The van der Waals surface area contributed by atoms with Gasteiger partial charge in [-0.15, -0.1) is 0 Å². The van der Waals surface area contributed by atoms with Crippen molar-refractivity contribution < 1.29 is 14.3 Å². The van der Waals surface area contributed by atoms with Crippen molar-refractivity contribution in [3.8, 4) is 5.75 Å². The molecule has 1 aromatic rings. The molecule has 1 aromatic carbocycles. The molecule has 23 heavy (non-hydrogen) atoms. The van der Waals surface area contributed by atoms with Crippen molar-refractivity contribution in [3.05, 3.63) is 24.3 Å². The average Bonchev–Trinajstić information content (AvgIpc) is 2.56. The molecule has 1 aliphatic rings. The molecule has 128 valence electrons. The van der Waals surface area contributed by atoms with E-state index in [1.54, 1.807) is 7.11 Å². The lowest BCUT2D eigenvalue weighted by Gasteiger charge is -2.37. The van der Waals surface area contributed by atoms with Gasteiger partial charge in [-0.2, -0.15) is 0 Å². The van der Waals surface area contributed by atoms with Crippen molar-refractivity contribution in [1.29, 1.82) is 0 Å². The topological polar surface area (TPSA) is 47.6 Å². The Balaban J connectivity index is 2.01. The highest BCUT2D eigenvalue weighted by Gasteiger charge is 2.41. The largest absolute Gasteiger partial charge is 0.491 e. The van der Waals surface area contributed by atoms with Crippen LogP contribution in [-0.4, -0.2) is 24.7 Å². The van der Waals surface area contributed by atoms with Crippen molar-refractivity contribution in [3.63, 3.8) is 0 Å². The Hall–Kier alpha value is -1.55. The number of carbonyl (C=O) groups excluding carboxylic acids is 1. The minimum atomic E-state index is -0.691. The van der Waals surface area contributed by atoms with Crippen LogP contribution in [0.15, 0.2) is 24.3 Å². The second-order valence-corrected chi connectivity index (χ2v) is 6.72. The smallest absolute Gasteiger partial charge is 0.256 e. The van der Waals surface area contributed by atoms with Gasteiger partial charge in [-0.05, 0) is 62.8 Å². The molecule has 1 saturated carbocycles. The molecule has 0 bridgehead atoms. The van der Waals surface area contributed by atoms with Crippen LogP contribution in [0.5, 0.6) is 5.75 Å². The van der Waals surface area contributed by atoms with E-state index < -0.39 is 5.60 Å². The van der Waals surface area contributed by atoms with Crippen molar-refractivity contribution in [2.24, 2.45) is 5.92 Å². The zero-order valence-corrected chi connectivity index (χ0v) is 14.7. The molecule has 0 saturated heterocycles. The molecule has 4 nitrogen and oxygen atoms in total. The van der Waals surface area contributed by atoms with Gasteiger partial charge >= 0.3 is 0 Å². The molecule has 1 aliphatic carbocycles. The Bertz CT molecular complexity index is 514. The van der Waals surface area contributed by atoms with Crippen molar-refractivity contribution in [2.45, 2.75) is 64.6 Å². The third-order valence-corrected chi connectivity index (χ3v) is 4.78. The molecule has 1 N–H and O–H groups in total. The van der Waals surface area contributed by atoms with Gasteiger partial charge in [0.25, 0.3) is 5.91 Å². The summed E-state index contributed by atoms with van der Waals surface area (Å²) in [6.07, 6.45) is 4.92. The molecule has 0 radical (unpaired) electrons. The lowest BCUT2D eigenvalue weighted by molar-refractivity contribution is -0.143. The second kappa shape index (κ2) is 7.82. The van der Waals surface area contributed by atoms with E-state index >= 15 is 0 Å². The number of amides is 1. The summed E-state index contributed by atoms with van der Waals surface area (Å²) >= 11 is 0. The van der Waals surface area contributed by atoms with E-state index in [-0.39, 0.29) is 12.0 Å². The molecular weight excluding hydrogens is 290 g/mol. The van der Waals surface area contributed by atoms with Gasteiger partial charge in [-0.3, -0.25) is 4.79 Å². The van der Waals surface area contributed by atoms with Crippen molar-refractivity contribution >= 4 is 11.6 Å². The minimum absolute atomic E-state index is 0.0397. The molecule has 0 aliphatic heterocycles. The molecule has 0 heterocycles. The van der Waals surface area contributed by atoms with Gasteiger partial charge < -0.3 is 14.8 Å². The molecule has 2 rings (SSSR count). The van der Waals surface area contributed by atoms with E-state index in [0.29, 0.717) is 5.92 Å². The predicted molar refractivity (Wildman–Crippen MR) is 92.8 cm³/mol. The van der Waals surface area contributed by atoms with Gasteiger partial charge in [0.05, 0.1) is 6.10 Å². The maximum atomic E-state index is 12.7. The van der Waals surface area contributed by atoms with Gasteiger partial charge in [0.1, 0.15) is 11.4 Å². The summed E-state index contributed by atoms with van der Waals surface area (Å²) in [5.41, 5.74) is 0.0879. The Labute approximate surface area is 139 Å². The molecular formula is C19H29NO3. The number of benzene rings is 1. The first-order valence-electron chi connectivity index (χ1n) is 8.62. The highest BCUT2D eigenvalue weighted by atomic mass is 16.5. The fourth-order valence-electron chi connectivity index (χ4n) is 3.16. The molecule has 0 spiro atoms. The van der Waals surface area contributed by atoms with Crippen LogP contribution in [0, 0.1) is 5.92 Å². The Morgan fingerprint density at radius 2 is 2.09 bits per heavy atom. The van der Waals surface area contributed by atoms with E-state index in [9.17, 15) is 4.79 Å². The van der Waals surface area contributed by atoms with Gasteiger partial charge in [0.15, 0.2) is 0 Å². The predicted octanol–water partition coefficient (Wildman–Crippen LogP) is 4.40. The number of anilines is 1. The van der Waals surface area contributed by atoms with Gasteiger partial charge in [0.2, 0.25) is 0 Å². The summed E-state index contributed by atoms with van der Waals surface area (Å²) in [6.45, 7) is 6.32. The lowest BCUT2D eigenvalue weighted by Crippen LogP contribution is -2.47. The van der Waals surface area contributed by atoms with Crippen molar-refractivity contribution in [2.75, 3.05) is 12.4 Å². The zero-order chi connectivity index (χ0) is 16.9. The van der Waals surface area contributed by atoms with Crippen LogP contribution in [0.25, 0.3) is 0 Å². The Kier molecular flexibility index (Phi) is 6.05. The maximum Gasteiger partial charge on any atom is 0.256 e. The van der Waals surface area contributed by atoms with Gasteiger partial charge in [0, 0.05) is 12.8 Å². The fraction of sp³-hybridized carbons (Fsp3) is 0.632. The summed E-state index contributed by atoms with van der Waals surface area (Å²) in [7, 11) is 1.64. The van der Waals surface area contributed by atoms with Crippen LogP contribution >= 0.6 is 0 Å². The summed E-state index contributed by atoms with van der Waals surface area (Å²) in [5.74, 6) is 1.30. The quantitative estimate of drug-likeness (QED) is 0.845. The third kappa shape index (κ3) is 4.47. The number of hydrogen-bond donors (Lipinski definition) is 1. The van der Waals surface area contributed by atoms with E-state index in [1.165, 1.54) is 6.42 Å². The van der Waals surface area contributed by atoms with Crippen LogP contribution in [0.1, 0.15) is 52.9 Å². The molecule has 0 unspecified atom stereocenters. The standard InChI is InChI=1S/C19H29NO3/c1-5-15(3)23-17-10-8-16(9-11-17)20-18(21)19(22-4)12-6-7-14(2)13-19/h8-11,14-15H,5-7,12-13H2,1-4H3,(H,20,21)/t14-,15+,19-/m1/s1. The molecule has 4 heteroatoms. The van der Waals surface area contributed by atoms with Gasteiger partial charge in [-0.1, -0.05) is 20.3 Å². The second-order valence-electron chi connectivity index (χ2n) is 6.72. The lowest BCUT2D eigenvalue weighted by atomic mass is 9.78. The first kappa shape index (κ1) is 17.8. The van der Waals surface area contributed by atoms with E-state index in [0.717, 1.165) is 37.1 Å². The Morgan fingerprint density at radius 1 is 1.39 bits per heavy atom. The minimum Gasteiger partial charge on any atom is -0.491 e. The van der Waals surface area contributed by atoms with Crippen LogP contribution in [0.4, 0.5) is 5.69 Å². The summed E-state index contributed by atoms with van der Waals surface area (Å²) in [4.78, 5) is 12.7. The molecule has 1 fully saturated rings. The highest BCUT2D eigenvalue weighted by Crippen LogP contribution is 2.35. The summed E-state index contributed by atoms with van der Waals surface area (Å²) < 4.78 is 11.4. The summed E-state index contributed by atoms with van der Waals surface area (Å²) in [6, 6.07) is 7.55. The SMILES string of the molecule is CC[C@H](C)Oc1ccc(NC(=O)[C@@]2(OC)CCC[C@@H](C)C2)cc1. The molecule has 0 aromatic heterocycles. The van der Waals surface area contributed by atoms with E-state index in [2.05, 4.69) is 19.2 Å². The fourth-order valence-corrected chi connectivity index (χ4v) is 3.16. The number of methoxy groups -OCH3 is 1. The first-order chi connectivity index (χ1) is 11.0. The number of hydrogen-bond acceptors (Lipinski definition) is 3. The maximum absolute atomic E-state index is 12.7. The molecule has 3 atom stereocenters. The van der Waals surface area contributed by atoms with E-state index in [1.807, 2.05) is 31.2 Å². The number of carbonyl (C=O) groups is 1. The normalized spacial score (nSPS) is 25.7. The summed E-state index contributed by atoms with van der Waals surface area (Å²) in [5, 5.41) is 3.00. The first-order valence-corrected chi connectivity index (χ1v) is 8.62. The highest BCUT2D eigenvalue weighted by molar-refractivity contribution is 5.97. The van der Waals surface area contributed by atoms with Crippen LogP contribution in [0.3, 0.4) is 0 Å². The van der Waals surface area contributed by atoms with Crippen molar-refractivity contribution in [1.82, 2.24) is 0 Å². The number of nitrogens with one attached hydrogen (secondary N) is 1. The van der Waals surface area contributed by atoms with Crippen LogP contribution < -0.4 is 10.1 Å². The van der Waals surface area contributed by atoms with Crippen LogP contribution in [0.2, 0.25) is 0 Å². The Morgan fingerprint density at radius 3 is 2.65 bits per heavy atom. The van der Waals surface area contributed by atoms with Gasteiger partial charge in [-0.25, -0.2) is 0 Å². The monoisotopic (exact) mass is 319 g/mol. The zero-order valence-electron chi connectivity index (χ0n) is 14.7. The number of ether oxygens (including phenoxy) is 2. The van der Waals surface area contributed by atoms with E-state index in [4.69, 9.17) is 9.47 Å². The average molecular weight is 319 g/mol. The third-order valence-electron chi connectivity index (χ3n) is 4.78. The molecule has 1 amide bonds.